The molecule has 0 spiro atoms. The molecular formula is C19H22N6O2S. The highest BCUT2D eigenvalue weighted by Gasteiger charge is 2.28. The minimum absolute atomic E-state index is 0.159. The summed E-state index contributed by atoms with van der Waals surface area (Å²) in [7, 11) is 0. The second kappa shape index (κ2) is 8.05. The number of rotatable bonds is 8. The van der Waals surface area contributed by atoms with Crippen molar-refractivity contribution in [1.82, 2.24) is 24.5 Å². The van der Waals surface area contributed by atoms with E-state index in [1.165, 1.54) is 11.8 Å². The first-order valence-electron chi connectivity index (χ1n) is 9.39. The van der Waals surface area contributed by atoms with Crippen LogP contribution in [-0.4, -0.2) is 36.2 Å². The number of nitrogens with one attached hydrogen (secondary N) is 2. The summed E-state index contributed by atoms with van der Waals surface area (Å²) >= 11 is 1.24. The van der Waals surface area contributed by atoms with Gasteiger partial charge in [0.1, 0.15) is 5.82 Å². The van der Waals surface area contributed by atoms with Gasteiger partial charge in [-0.15, -0.1) is 5.10 Å². The molecule has 1 saturated carbocycles. The Morgan fingerprint density at radius 2 is 2.11 bits per heavy atom. The highest BCUT2D eigenvalue weighted by atomic mass is 32.2. The molecule has 4 rings (SSSR count). The average molecular weight is 398 g/mol. The van der Waals surface area contributed by atoms with Crippen LogP contribution in [0.1, 0.15) is 37.8 Å². The molecule has 2 heterocycles. The smallest absolute Gasteiger partial charge is 0.310 e. The van der Waals surface area contributed by atoms with E-state index in [1.54, 1.807) is 9.25 Å². The summed E-state index contributed by atoms with van der Waals surface area (Å²) in [4.78, 5) is 24.3. The molecule has 1 aromatic carbocycles. The van der Waals surface area contributed by atoms with Gasteiger partial charge in [0.05, 0.1) is 17.1 Å². The zero-order chi connectivity index (χ0) is 19.5. The zero-order valence-electron chi connectivity index (χ0n) is 15.6. The van der Waals surface area contributed by atoms with Crippen LogP contribution < -0.4 is 11.0 Å². The number of aromatic nitrogens is 5. The molecule has 28 heavy (non-hydrogen) atoms. The molecule has 0 atom stereocenters. The number of carbonyl (C=O) groups excluding carboxylic acids is 1. The summed E-state index contributed by atoms with van der Waals surface area (Å²) in [5.41, 5.74) is 1.67. The molecule has 1 aliphatic rings. The standard InChI is InChI=1S/C19H22N6O2S/c1-2-10-24-18(27)21-22-19(24)28-12-17(26)20-16-11-15(13-8-9-13)23-25(16)14-6-4-3-5-7-14/h3-7,11,13H,2,8-10,12H2,1H3,(H,20,26)(H,21,27). The molecule has 1 amide bonds. The van der Waals surface area contributed by atoms with Gasteiger partial charge in [0.2, 0.25) is 5.91 Å². The molecule has 2 N–H and O–H groups in total. The predicted octanol–water partition coefficient (Wildman–Crippen LogP) is 2.78. The molecule has 2 aromatic heterocycles. The first-order valence-corrected chi connectivity index (χ1v) is 10.4. The number of para-hydroxylation sites is 1. The van der Waals surface area contributed by atoms with E-state index in [0.717, 1.165) is 30.6 Å². The van der Waals surface area contributed by atoms with Gasteiger partial charge in [-0.2, -0.15) is 5.10 Å². The maximum Gasteiger partial charge on any atom is 0.343 e. The maximum atomic E-state index is 12.5. The highest BCUT2D eigenvalue weighted by Crippen LogP contribution is 2.40. The van der Waals surface area contributed by atoms with Crippen LogP contribution in [0.3, 0.4) is 0 Å². The lowest BCUT2D eigenvalue weighted by atomic mass is 10.3. The van der Waals surface area contributed by atoms with Crippen molar-refractivity contribution in [1.29, 1.82) is 0 Å². The van der Waals surface area contributed by atoms with Crippen molar-refractivity contribution in [2.45, 2.75) is 43.8 Å². The number of carbonyl (C=O) groups is 1. The van der Waals surface area contributed by atoms with Crippen LogP contribution in [0.25, 0.3) is 5.69 Å². The molecule has 8 nitrogen and oxygen atoms in total. The van der Waals surface area contributed by atoms with E-state index in [1.807, 2.05) is 43.3 Å². The number of amides is 1. The van der Waals surface area contributed by atoms with Gasteiger partial charge >= 0.3 is 5.69 Å². The van der Waals surface area contributed by atoms with E-state index < -0.39 is 0 Å². The van der Waals surface area contributed by atoms with E-state index in [9.17, 15) is 9.59 Å². The Bertz CT molecular complexity index is 1020. The Morgan fingerprint density at radius 1 is 1.32 bits per heavy atom. The fourth-order valence-electron chi connectivity index (χ4n) is 2.98. The topological polar surface area (TPSA) is 97.6 Å². The molecule has 0 radical (unpaired) electrons. The van der Waals surface area contributed by atoms with Gasteiger partial charge in [0.15, 0.2) is 5.16 Å². The first kappa shape index (κ1) is 18.5. The SMILES string of the molecule is CCCn1c(SCC(=O)Nc2cc(C3CC3)nn2-c2ccccc2)n[nH]c1=O. The van der Waals surface area contributed by atoms with Crippen molar-refractivity contribution >= 4 is 23.5 Å². The quantitative estimate of drug-likeness (QED) is 0.569. The van der Waals surface area contributed by atoms with Crippen LogP contribution in [-0.2, 0) is 11.3 Å². The molecule has 0 bridgehead atoms. The number of aromatic amines is 1. The van der Waals surface area contributed by atoms with Crippen molar-refractivity contribution in [3.8, 4) is 5.69 Å². The van der Waals surface area contributed by atoms with Gasteiger partial charge in [-0.05, 0) is 31.4 Å². The third-order valence-electron chi connectivity index (χ3n) is 4.49. The van der Waals surface area contributed by atoms with Crippen molar-refractivity contribution in [3.63, 3.8) is 0 Å². The summed E-state index contributed by atoms with van der Waals surface area (Å²) < 4.78 is 3.33. The normalized spacial score (nSPS) is 13.6. The Morgan fingerprint density at radius 3 is 2.82 bits per heavy atom. The molecule has 9 heteroatoms. The minimum Gasteiger partial charge on any atom is -0.310 e. The molecule has 1 aliphatic carbocycles. The third kappa shape index (κ3) is 4.04. The lowest BCUT2D eigenvalue weighted by Gasteiger charge is -2.09. The molecular weight excluding hydrogens is 376 g/mol. The van der Waals surface area contributed by atoms with E-state index in [-0.39, 0.29) is 17.3 Å². The van der Waals surface area contributed by atoms with Gasteiger partial charge in [-0.1, -0.05) is 36.9 Å². The summed E-state index contributed by atoms with van der Waals surface area (Å²) in [5.74, 6) is 1.14. The van der Waals surface area contributed by atoms with Gasteiger partial charge in [0, 0.05) is 18.5 Å². The van der Waals surface area contributed by atoms with E-state index in [2.05, 4.69) is 20.6 Å². The first-order chi connectivity index (χ1) is 13.7. The zero-order valence-corrected chi connectivity index (χ0v) is 16.4. The van der Waals surface area contributed by atoms with Crippen molar-refractivity contribution in [2.75, 3.05) is 11.1 Å². The van der Waals surface area contributed by atoms with Crippen LogP contribution in [0.2, 0.25) is 0 Å². The number of H-pyrrole nitrogens is 1. The van der Waals surface area contributed by atoms with Crippen LogP contribution in [0, 0.1) is 0 Å². The molecule has 0 aliphatic heterocycles. The summed E-state index contributed by atoms with van der Waals surface area (Å²) in [6.07, 6.45) is 3.10. The summed E-state index contributed by atoms with van der Waals surface area (Å²) in [6.45, 7) is 2.56. The number of nitrogens with zero attached hydrogens (tertiary/aromatic N) is 4. The summed E-state index contributed by atoms with van der Waals surface area (Å²) in [5, 5.41) is 14.6. The second-order valence-corrected chi connectivity index (χ2v) is 7.72. The van der Waals surface area contributed by atoms with Crippen LogP contribution >= 0.6 is 11.8 Å². The number of hydrogen-bond acceptors (Lipinski definition) is 5. The van der Waals surface area contributed by atoms with Crippen molar-refractivity contribution in [3.05, 3.63) is 52.6 Å². The minimum atomic E-state index is -0.249. The highest BCUT2D eigenvalue weighted by molar-refractivity contribution is 7.99. The van der Waals surface area contributed by atoms with Crippen LogP contribution in [0.15, 0.2) is 46.3 Å². The van der Waals surface area contributed by atoms with Gasteiger partial charge < -0.3 is 5.32 Å². The largest absolute Gasteiger partial charge is 0.343 e. The van der Waals surface area contributed by atoms with Crippen molar-refractivity contribution in [2.24, 2.45) is 0 Å². The molecule has 0 saturated heterocycles. The van der Waals surface area contributed by atoms with Crippen LogP contribution in [0.4, 0.5) is 5.82 Å². The lowest BCUT2D eigenvalue weighted by Crippen LogP contribution is -2.19. The molecule has 146 valence electrons. The third-order valence-corrected chi connectivity index (χ3v) is 5.47. The monoisotopic (exact) mass is 398 g/mol. The lowest BCUT2D eigenvalue weighted by molar-refractivity contribution is -0.113. The van der Waals surface area contributed by atoms with Crippen molar-refractivity contribution < 1.29 is 4.79 Å². The number of hydrogen-bond donors (Lipinski definition) is 2. The molecule has 1 fully saturated rings. The number of thioether (sulfide) groups is 1. The maximum absolute atomic E-state index is 12.5. The fourth-order valence-corrected chi connectivity index (χ4v) is 3.75. The Labute approximate surface area is 166 Å². The van der Waals surface area contributed by atoms with Gasteiger partial charge in [-0.25, -0.2) is 14.6 Å². The summed E-state index contributed by atoms with van der Waals surface area (Å²) in [6, 6.07) is 11.7. The van der Waals surface area contributed by atoms with Gasteiger partial charge in [-0.3, -0.25) is 9.36 Å². The van der Waals surface area contributed by atoms with E-state index >= 15 is 0 Å². The van der Waals surface area contributed by atoms with Gasteiger partial charge in [0.25, 0.3) is 0 Å². The predicted molar refractivity (Wildman–Crippen MR) is 108 cm³/mol. The fraction of sp³-hybridized carbons (Fsp3) is 0.368. The number of anilines is 1. The Kier molecular flexibility index (Phi) is 5.34. The van der Waals surface area contributed by atoms with E-state index in [4.69, 9.17) is 0 Å². The van der Waals surface area contributed by atoms with E-state index in [0.29, 0.717) is 23.4 Å². The molecule has 0 unspecified atom stereocenters. The van der Waals surface area contributed by atoms with Crippen LogP contribution in [0.5, 0.6) is 0 Å². The Hall–Kier alpha value is -2.81. The second-order valence-electron chi connectivity index (χ2n) is 6.78. The molecule has 3 aromatic rings. The number of benzene rings is 1. The average Bonchev–Trinajstić information content (AvgIpc) is 3.39. The Balaban J connectivity index is 1.48.